The summed E-state index contributed by atoms with van der Waals surface area (Å²) in [7, 11) is 0. The number of carbonyl (C=O) groups excluding carboxylic acids is 1. The second-order valence-electron chi connectivity index (χ2n) is 8.49. The third-order valence-electron chi connectivity index (χ3n) is 6.65. The van der Waals surface area contributed by atoms with Gasteiger partial charge in [-0.25, -0.2) is 4.98 Å². The molecule has 0 radical (unpaired) electrons. The highest BCUT2D eigenvalue weighted by Gasteiger charge is 2.41. The first-order chi connectivity index (χ1) is 13.1. The number of oxazole rings is 1. The molecule has 3 saturated heterocycles. The lowest BCUT2D eigenvalue weighted by molar-refractivity contribution is 0.0547. The molecule has 1 aromatic heterocycles. The predicted molar refractivity (Wildman–Crippen MR) is 103 cm³/mol. The number of piperidine rings is 1. The van der Waals surface area contributed by atoms with Crippen molar-refractivity contribution in [2.75, 3.05) is 19.6 Å². The van der Waals surface area contributed by atoms with Gasteiger partial charge in [-0.3, -0.25) is 9.69 Å². The highest BCUT2D eigenvalue weighted by Crippen LogP contribution is 2.34. The summed E-state index contributed by atoms with van der Waals surface area (Å²) in [5.41, 5.74) is 3.71. The zero-order chi connectivity index (χ0) is 18.5. The van der Waals surface area contributed by atoms with Crippen molar-refractivity contribution >= 4 is 5.91 Å². The summed E-state index contributed by atoms with van der Waals surface area (Å²) >= 11 is 0. The molecule has 27 heavy (non-hydrogen) atoms. The topological polar surface area (TPSA) is 49.6 Å². The minimum atomic E-state index is 0.0272. The molecule has 2 bridgehead atoms. The van der Waals surface area contributed by atoms with Crippen molar-refractivity contribution in [3.05, 3.63) is 52.7 Å². The zero-order valence-electron chi connectivity index (χ0n) is 16.1. The number of hydrogen-bond donors (Lipinski definition) is 0. The minimum absolute atomic E-state index is 0.0272. The number of benzene rings is 1. The normalized spacial score (nSPS) is 25.6. The lowest BCUT2D eigenvalue weighted by Crippen LogP contribution is -2.48. The fourth-order valence-electron chi connectivity index (χ4n) is 5.32. The van der Waals surface area contributed by atoms with E-state index < -0.39 is 0 Å². The Kier molecular flexibility index (Phi) is 4.08. The Morgan fingerprint density at radius 2 is 1.78 bits per heavy atom. The molecule has 2 aromatic rings. The van der Waals surface area contributed by atoms with Crippen LogP contribution in [0.2, 0.25) is 0 Å². The van der Waals surface area contributed by atoms with Gasteiger partial charge in [-0.1, -0.05) is 24.3 Å². The van der Waals surface area contributed by atoms with Gasteiger partial charge in [-0.15, -0.1) is 0 Å². The molecule has 3 fully saturated rings. The summed E-state index contributed by atoms with van der Waals surface area (Å²) in [6.45, 7) is 6.60. The first-order valence-electron chi connectivity index (χ1n) is 10.1. The molecule has 1 amide bonds. The molecule has 1 aliphatic carbocycles. The van der Waals surface area contributed by atoms with Crippen LogP contribution in [-0.4, -0.2) is 52.4 Å². The summed E-state index contributed by atoms with van der Waals surface area (Å²) < 4.78 is 5.63. The van der Waals surface area contributed by atoms with Crippen LogP contribution >= 0.6 is 0 Å². The number of aromatic nitrogens is 1. The molecule has 6 rings (SSSR count). The van der Waals surface area contributed by atoms with Crippen LogP contribution < -0.4 is 0 Å². The Hall–Kier alpha value is -2.14. The van der Waals surface area contributed by atoms with Gasteiger partial charge in [0.25, 0.3) is 5.91 Å². The fourth-order valence-corrected chi connectivity index (χ4v) is 5.32. The average molecular weight is 365 g/mol. The summed E-state index contributed by atoms with van der Waals surface area (Å²) in [6.07, 6.45) is 4.60. The highest BCUT2D eigenvalue weighted by molar-refractivity contribution is 5.92. The first-order valence-corrected chi connectivity index (χ1v) is 10.1. The maximum Gasteiger partial charge on any atom is 0.291 e. The minimum Gasteiger partial charge on any atom is -0.436 e. The predicted octanol–water partition coefficient (Wildman–Crippen LogP) is 3.00. The van der Waals surface area contributed by atoms with Crippen LogP contribution in [0.4, 0.5) is 0 Å². The van der Waals surface area contributed by atoms with Gasteiger partial charge in [-0.05, 0) is 49.7 Å². The Morgan fingerprint density at radius 1 is 1.04 bits per heavy atom. The van der Waals surface area contributed by atoms with E-state index in [1.165, 1.54) is 17.5 Å². The molecule has 5 nitrogen and oxygen atoms in total. The van der Waals surface area contributed by atoms with Gasteiger partial charge >= 0.3 is 0 Å². The maximum absolute atomic E-state index is 13.2. The number of aryl methyl sites for hydroxylation is 2. The molecule has 0 N–H and O–H groups in total. The third kappa shape index (κ3) is 2.98. The molecule has 3 aliphatic heterocycles. The molecule has 4 heterocycles. The molecule has 5 heteroatoms. The lowest BCUT2D eigenvalue weighted by atomic mass is 9.94. The quantitative estimate of drug-likeness (QED) is 0.821. The van der Waals surface area contributed by atoms with E-state index in [0.717, 1.165) is 38.9 Å². The molecule has 0 saturated carbocycles. The molecular weight excluding hydrogens is 338 g/mol. The van der Waals surface area contributed by atoms with Crippen molar-refractivity contribution in [2.45, 2.75) is 51.6 Å². The van der Waals surface area contributed by atoms with E-state index >= 15 is 0 Å². The Morgan fingerprint density at radius 3 is 2.44 bits per heavy atom. The summed E-state index contributed by atoms with van der Waals surface area (Å²) in [4.78, 5) is 22.2. The average Bonchev–Trinajstić information content (AvgIpc) is 3.11. The van der Waals surface area contributed by atoms with Crippen molar-refractivity contribution in [1.82, 2.24) is 14.8 Å². The number of rotatable bonds is 2. The van der Waals surface area contributed by atoms with Crippen LogP contribution in [0.1, 0.15) is 46.1 Å². The van der Waals surface area contributed by atoms with Crippen LogP contribution in [0, 0.1) is 19.8 Å². The molecule has 2 atom stereocenters. The van der Waals surface area contributed by atoms with Crippen LogP contribution in [-0.2, 0) is 12.8 Å². The Balaban J connectivity index is 1.35. The van der Waals surface area contributed by atoms with Crippen molar-refractivity contribution in [3.63, 3.8) is 0 Å². The van der Waals surface area contributed by atoms with Gasteiger partial charge in [0.2, 0.25) is 5.76 Å². The van der Waals surface area contributed by atoms with E-state index in [9.17, 15) is 4.79 Å². The van der Waals surface area contributed by atoms with Gasteiger partial charge in [-0.2, -0.15) is 0 Å². The van der Waals surface area contributed by atoms with Crippen LogP contribution in [0.25, 0.3) is 0 Å². The van der Waals surface area contributed by atoms with Crippen molar-refractivity contribution in [1.29, 1.82) is 0 Å². The molecule has 142 valence electrons. The Labute approximate surface area is 160 Å². The van der Waals surface area contributed by atoms with Crippen LogP contribution in [0.15, 0.2) is 28.7 Å². The van der Waals surface area contributed by atoms with Gasteiger partial charge in [0.15, 0.2) is 5.89 Å². The van der Waals surface area contributed by atoms with E-state index in [1.54, 1.807) is 6.92 Å². The fraction of sp³-hybridized carbons (Fsp3) is 0.545. The SMILES string of the molecule is Cc1nc(C)c(C(=O)N2C[C@H]3CC[C@@H]2CN(C2Cc4ccccc4C2)C3)o1. The monoisotopic (exact) mass is 365 g/mol. The smallest absolute Gasteiger partial charge is 0.291 e. The van der Waals surface area contributed by atoms with E-state index in [4.69, 9.17) is 4.42 Å². The van der Waals surface area contributed by atoms with Gasteiger partial charge in [0.05, 0.1) is 5.69 Å². The first kappa shape index (κ1) is 17.0. The second-order valence-corrected chi connectivity index (χ2v) is 8.49. The van der Waals surface area contributed by atoms with Gasteiger partial charge < -0.3 is 9.32 Å². The second kappa shape index (κ2) is 6.48. The zero-order valence-corrected chi connectivity index (χ0v) is 16.1. The number of fused-ring (bicyclic) bond motifs is 5. The van der Waals surface area contributed by atoms with E-state index in [2.05, 4.69) is 39.0 Å². The summed E-state index contributed by atoms with van der Waals surface area (Å²) in [5, 5.41) is 0. The molecule has 0 unspecified atom stereocenters. The van der Waals surface area contributed by atoms with Crippen LogP contribution in [0.5, 0.6) is 0 Å². The van der Waals surface area contributed by atoms with Crippen molar-refractivity contribution < 1.29 is 9.21 Å². The van der Waals surface area contributed by atoms with E-state index in [0.29, 0.717) is 29.3 Å². The molecule has 4 aliphatic rings. The van der Waals surface area contributed by atoms with E-state index in [1.807, 2.05) is 6.92 Å². The number of hydrogen-bond acceptors (Lipinski definition) is 4. The largest absolute Gasteiger partial charge is 0.436 e. The molecule has 1 aromatic carbocycles. The summed E-state index contributed by atoms with van der Waals surface area (Å²) in [5.74, 6) is 1.58. The molecular formula is C22H27N3O2. The number of carbonyl (C=O) groups is 1. The van der Waals surface area contributed by atoms with Crippen LogP contribution in [0.3, 0.4) is 0 Å². The van der Waals surface area contributed by atoms with E-state index in [-0.39, 0.29) is 11.9 Å². The summed E-state index contributed by atoms with van der Waals surface area (Å²) in [6, 6.07) is 9.70. The standard InChI is InChI=1S/C22H27N3O2/c1-14-21(27-15(2)23-14)22(26)25-12-16-7-8-19(25)13-24(11-16)20-9-17-5-3-4-6-18(17)10-20/h3-6,16,19-20H,7-13H2,1-2H3/t16-,19+/m0/s1. The number of amides is 1. The van der Waals surface area contributed by atoms with Gasteiger partial charge in [0, 0.05) is 38.6 Å². The van der Waals surface area contributed by atoms with Crippen molar-refractivity contribution in [3.8, 4) is 0 Å². The maximum atomic E-state index is 13.2. The molecule has 0 spiro atoms. The lowest BCUT2D eigenvalue weighted by Gasteiger charge is -2.36. The third-order valence-corrected chi connectivity index (χ3v) is 6.65. The van der Waals surface area contributed by atoms with Crippen molar-refractivity contribution in [2.24, 2.45) is 5.92 Å². The highest BCUT2D eigenvalue weighted by atomic mass is 16.4. The number of nitrogens with zero attached hydrogens (tertiary/aromatic N) is 3. The van der Waals surface area contributed by atoms with Gasteiger partial charge in [0.1, 0.15) is 0 Å². The Bertz CT molecular complexity index is 849.